The summed E-state index contributed by atoms with van der Waals surface area (Å²) in [7, 11) is 0. The van der Waals surface area contributed by atoms with E-state index in [-0.39, 0.29) is 30.0 Å². The Bertz CT molecular complexity index is 466. The normalized spacial score (nSPS) is 14.3. The van der Waals surface area contributed by atoms with Crippen molar-refractivity contribution in [2.24, 2.45) is 5.41 Å². The summed E-state index contributed by atoms with van der Waals surface area (Å²) in [5, 5.41) is 18.5. The van der Waals surface area contributed by atoms with Gasteiger partial charge in [-0.15, -0.1) is 0 Å². The van der Waals surface area contributed by atoms with Gasteiger partial charge in [-0.1, -0.05) is 20.8 Å². The summed E-state index contributed by atoms with van der Waals surface area (Å²) in [6.45, 7) is 7.97. The van der Waals surface area contributed by atoms with E-state index in [9.17, 15) is 9.59 Å². The fourth-order valence-electron chi connectivity index (χ4n) is 2.15. The van der Waals surface area contributed by atoms with Crippen molar-refractivity contribution >= 4 is 23.3 Å². The number of amides is 2. The Hall–Kier alpha value is -1.56. The molecule has 2 unspecified atom stereocenters. The molecular weight excluding hydrogens is 288 g/mol. The molecule has 1 heterocycles. The highest BCUT2D eigenvalue weighted by Crippen LogP contribution is 2.22. The maximum Gasteiger partial charge on any atom is 0.315 e. The minimum atomic E-state index is -0.907. The minimum absolute atomic E-state index is 0.0492. The van der Waals surface area contributed by atoms with Crippen molar-refractivity contribution in [1.29, 1.82) is 0 Å². The number of hydrogen-bond donors (Lipinski definition) is 3. The third-order valence-corrected chi connectivity index (χ3v) is 3.71. The first-order valence-electron chi connectivity index (χ1n) is 6.98. The van der Waals surface area contributed by atoms with Crippen LogP contribution in [0.5, 0.6) is 0 Å². The molecule has 3 N–H and O–H groups in total. The number of rotatable bonds is 6. The molecule has 0 aromatic carbocycles. The number of thiophene rings is 1. The lowest BCUT2D eigenvalue weighted by Gasteiger charge is -2.26. The number of hydrogen-bond acceptors (Lipinski definition) is 3. The number of urea groups is 1. The van der Waals surface area contributed by atoms with Gasteiger partial charge >= 0.3 is 12.0 Å². The van der Waals surface area contributed by atoms with Gasteiger partial charge in [0.2, 0.25) is 0 Å². The van der Waals surface area contributed by atoms with Gasteiger partial charge in [-0.05, 0) is 41.1 Å². The molecule has 1 rings (SSSR count). The van der Waals surface area contributed by atoms with E-state index in [1.807, 2.05) is 44.5 Å². The van der Waals surface area contributed by atoms with Gasteiger partial charge in [0, 0.05) is 6.04 Å². The Morgan fingerprint density at radius 2 is 2.00 bits per heavy atom. The lowest BCUT2D eigenvalue weighted by molar-refractivity contribution is -0.137. The van der Waals surface area contributed by atoms with Crippen LogP contribution in [-0.2, 0) is 4.79 Å². The summed E-state index contributed by atoms with van der Waals surface area (Å²) >= 11 is 1.58. The standard InChI is InChI=1S/C15H24N2O3S/c1-10(11-5-6-21-9-11)16-14(20)17-12(7-13(18)19)8-15(2,3)4/h5-6,9-10,12H,7-8H2,1-4H3,(H,18,19)(H2,16,17,20). The number of carboxylic acids is 1. The highest BCUT2D eigenvalue weighted by molar-refractivity contribution is 7.07. The van der Waals surface area contributed by atoms with Gasteiger partial charge in [0.25, 0.3) is 0 Å². The second-order valence-electron chi connectivity index (χ2n) is 6.46. The zero-order chi connectivity index (χ0) is 16.0. The lowest BCUT2D eigenvalue weighted by Crippen LogP contribution is -2.45. The molecule has 2 amide bonds. The van der Waals surface area contributed by atoms with E-state index >= 15 is 0 Å². The summed E-state index contributed by atoms with van der Waals surface area (Å²) in [6.07, 6.45) is 0.539. The van der Waals surface area contributed by atoms with E-state index in [1.54, 1.807) is 11.3 Å². The van der Waals surface area contributed by atoms with Crippen LogP contribution >= 0.6 is 11.3 Å². The molecule has 0 radical (unpaired) electrons. The molecule has 6 heteroatoms. The van der Waals surface area contributed by atoms with Gasteiger partial charge in [-0.25, -0.2) is 4.79 Å². The zero-order valence-electron chi connectivity index (χ0n) is 13.0. The largest absolute Gasteiger partial charge is 0.481 e. The first-order chi connectivity index (χ1) is 9.67. The van der Waals surface area contributed by atoms with Crippen LogP contribution in [0.3, 0.4) is 0 Å². The van der Waals surface area contributed by atoms with Crippen LogP contribution in [0.4, 0.5) is 4.79 Å². The molecule has 2 atom stereocenters. The summed E-state index contributed by atoms with van der Waals surface area (Å²) in [5.41, 5.74) is 0.993. The molecule has 0 bridgehead atoms. The highest BCUT2D eigenvalue weighted by Gasteiger charge is 2.23. The number of carbonyl (C=O) groups is 2. The van der Waals surface area contributed by atoms with Gasteiger partial charge in [-0.3, -0.25) is 4.79 Å². The smallest absolute Gasteiger partial charge is 0.315 e. The average Bonchev–Trinajstić information content (AvgIpc) is 2.77. The Labute approximate surface area is 129 Å². The quantitative estimate of drug-likeness (QED) is 0.753. The molecule has 0 saturated heterocycles. The lowest BCUT2D eigenvalue weighted by atomic mass is 9.87. The Morgan fingerprint density at radius 1 is 1.33 bits per heavy atom. The topological polar surface area (TPSA) is 78.4 Å². The van der Waals surface area contributed by atoms with Crippen LogP contribution in [-0.4, -0.2) is 23.1 Å². The Morgan fingerprint density at radius 3 is 2.48 bits per heavy atom. The van der Waals surface area contributed by atoms with E-state index in [0.29, 0.717) is 6.42 Å². The first-order valence-corrected chi connectivity index (χ1v) is 7.92. The van der Waals surface area contributed by atoms with Gasteiger partial charge in [0.05, 0.1) is 12.5 Å². The predicted octanol–water partition coefficient (Wildman–Crippen LogP) is 3.39. The average molecular weight is 312 g/mol. The molecule has 5 nitrogen and oxygen atoms in total. The predicted molar refractivity (Wildman–Crippen MR) is 84.5 cm³/mol. The van der Waals surface area contributed by atoms with Crippen molar-refractivity contribution in [3.05, 3.63) is 22.4 Å². The number of carbonyl (C=O) groups excluding carboxylic acids is 1. The number of nitrogens with one attached hydrogen (secondary N) is 2. The van der Waals surface area contributed by atoms with E-state index in [0.717, 1.165) is 5.56 Å². The van der Waals surface area contributed by atoms with Crippen molar-refractivity contribution in [2.45, 2.75) is 52.6 Å². The number of aliphatic carboxylic acids is 1. The monoisotopic (exact) mass is 312 g/mol. The van der Waals surface area contributed by atoms with E-state index < -0.39 is 5.97 Å². The van der Waals surface area contributed by atoms with E-state index in [2.05, 4.69) is 10.6 Å². The van der Waals surface area contributed by atoms with Gasteiger partial charge < -0.3 is 15.7 Å². The van der Waals surface area contributed by atoms with Gasteiger partial charge in [-0.2, -0.15) is 11.3 Å². The SMILES string of the molecule is CC(NC(=O)NC(CC(=O)O)CC(C)(C)C)c1ccsc1. The Balaban J connectivity index is 2.56. The Kier molecular flexibility index (Phi) is 6.20. The second kappa shape index (κ2) is 7.45. The molecule has 0 fully saturated rings. The molecular formula is C15H24N2O3S. The molecule has 118 valence electrons. The maximum atomic E-state index is 12.0. The first kappa shape index (κ1) is 17.5. The molecule has 1 aromatic heterocycles. The van der Waals surface area contributed by atoms with Crippen LogP contribution in [0, 0.1) is 5.41 Å². The van der Waals surface area contributed by atoms with Crippen molar-refractivity contribution in [1.82, 2.24) is 10.6 Å². The van der Waals surface area contributed by atoms with Crippen molar-refractivity contribution in [2.75, 3.05) is 0 Å². The van der Waals surface area contributed by atoms with Crippen molar-refractivity contribution in [3.63, 3.8) is 0 Å². The summed E-state index contributed by atoms with van der Waals surface area (Å²) < 4.78 is 0. The molecule has 21 heavy (non-hydrogen) atoms. The van der Waals surface area contributed by atoms with Gasteiger partial charge in [0.15, 0.2) is 0 Å². The molecule has 0 aliphatic heterocycles. The highest BCUT2D eigenvalue weighted by atomic mass is 32.1. The van der Waals surface area contributed by atoms with Crippen molar-refractivity contribution < 1.29 is 14.7 Å². The van der Waals surface area contributed by atoms with Crippen LogP contribution in [0.25, 0.3) is 0 Å². The maximum absolute atomic E-state index is 12.0. The van der Waals surface area contributed by atoms with Crippen LogP contribution in [0.15, 0.2) is 16.8 Å². The summed E-state index contributed by atoms with van der Waals surface area (Å²) in [6, 6.07) is 1.15. The number of carboxylic acid groups (broad SMARTS) is 1. The third-order valence-electron chi connectivity index (χ3n) is 3.01. The van der Waals surface area contributed by atoms with Crippen LogP contribution in [0.2, 0.25) is 0 Å². The molecule has 0 spiro atoms. The van der Waals surface area contributed by atoms with Gasteiger partial charge in [0.1, 0.15) is 0 Å². The minimum Gasteiger partial charge on any atom is -0.481 e. The summed E-state index contributed by atoms with van der Waals surface area (Å²) in [5.74, 6) is -0.907. The zero-order valence-corrected chi connectivity index (χ0v) is 13.8. The second-order valence-corrected chi connectivity index (χ2v) is 7.24. The molecule has 0 saturated carbocycles. The van der Waals surface area contributed by atoms with E-state index in [4.69, 9.17) is 5.11 Å². The molecule has 0 aliphatic rings. The molecule has 0 aliphatic carbocycles. The van der Waals surface area contributed by atoms with Crippen molar-refractivity contribution in [3.8, 4) is 0 Å². The van der Waals surface area contributed by atoms with Crippen LogP contribution < -0.4 is 10.6 Å². The third kappa shape index (κ3) is 7.13. The fourth-order valence-corrected chi connectivity index (χ4v) is 2.91. The van der Waals surface area contributed by atoms with Crippen LogP contribution in [0.1, 0.15) is 52.1 Å². The molecule has 1 aromatic rings. The van der Waals surface area contributed by atoms with E-state index in [1.165, 1.54) is 0 Å². The summed E-state index contributed by atoms with van der Waals surface area (Å²) in [4.78, 5) is 22.9. The fraction of sp³-hybridized carbons (Fsp3) is 0.600.